The fourth-order valence-electron chi connectivity index (χ4n) is 0. The summed E-state index contributed by atoms with van der Waals surface area (Å²) in [5, 5.41) is 0. The standard InChI is InChI=1S/Li.Mg.Na.H4O4Si.H2O.4H/c;;;1-5(2,3)4;;;;;/h;;;1-4H;1H2;;;;. The van der Waals surface area contributed by atoms with Gasteiger partial charge in [0.2, 0.25) is 0 Å². The summed E-state index contributed by atoms with van der Waals surface area (Å²) in [6, 6.07) is 0. The maximum atomic E-state index is 7.33. The fraction of sp³-hybridized carbons (Fsp3) is 0. The van der Waals surface area contributed by atoms with Gasteiger partial charge in [-0.2, -0.15) is 0 Å². The third kappa shape index (κ3) is 129. The first-order chi connectivity index (χ1) is 2.00. The van der Waals surface area contributed by atoms with Crippen molar-refractivity contribution >= 4 is 80.5 Å². The molecule has 0 amide bonds. The van der Waals surface area contributed by atoms with Crippen LogP contribution in [-0.2, 0) is 0 Å². The Hall–Kier alpha value is 2.38. The van der Waals surface area contributed by atoms with Crippen LogP contribution in [0.1, 0.15) is 0 Å². The molecular weight excluding hydrogens is 162 g/mol. The van der Waals surface area contributed by atoms with Crippen LogP contribution in [0.5, 0.6) is 0 Å². The van der Waals surface area contributed by atoms with E-state index in [4.69, 9.17) is 19.2 Å². The number of rotatable bonds is 0. The van der Waals surface area contributed by atoms with E-state index in [9.17, 15) is 0 Å². The van der Waals surface area contributed by atoms with Gasteiger partial charge in [-0.3, -0.25) is 0 Å². The van der Waals surface area contributed by atoms with Crippen molar-refractivity contribution < 1.29 is 24.7 Å². The molecule has 0 fully saturated rings. The van der Waals surface area contributed by atoms with E-state index in [-0.39, 0.29) is 76.9 Å². The van der Waals surface area contributed by atoms with Crippen LogP contribution >= 0.6 is 0 Å². The summed E-state index contributed by atoms with van der Waals surface area (Å²) < 4.78 is 0. The van der Waals surface area contributed by atoms with Gasteiger partial charge < -0.3 is 24.7 Å². The summed E-state index contributed by atoms with van der Waals surface area (Å²) in [7, 11) is -4.61. The third-order valence-corrected chi connectivity index (χ3v) is 0. The molecule has 5 nitrogen and oxygen atoms in total. The molecule has 0 aliphatic rings. The van der Waals surface area contributed by atoms with E-state index in [2.05, 4.69) is 0 Å². The summed E-state index contributed by atoms with van der Waals surface area (Å²) >= 11 is 0. The van der Waals surface area contributed by atoms with E-state index >= 15 is 0 Å². The van der Waals surface area contributed by atoms with Gasteiger partial charge in [0.1, 0.15) is 0 Å². The molecule has 0 aromatic carbocycles. The third-order valence-electron chi connectivity index (χ3n) is 0. The molecule has 0 bridgehead atoms. The Balaban J connectivity index is -0.0000000133. The van der Waals surface area contributed by atoms with Crippen LogP contribution in [0.15, 0.2) is 0 Å². The Morgan fingerprint density at radius 2 is 0.889 bits per heavy atom. The molecule has 0 saturated heterocycles. The molecule has 0 aromatic rings. The molecule has 9 heavy (non-hydrogen) atoms. The molecule has 0 aliphatic heterocycles. The van der Waals surface area contributed by atoms with Crippen LogP contribution < -0.4 is 0 Å². The van der Waals surface area contributed by atoms with Crippen LogP contribution in [-0.4, -0.2) is 105 Å². The first-order valence-electron chi connectivity index (χ1n) is 0.894. The predicted octanol–water partition coefficient (Wildman–Crippen LogP) is -5.65. The van der Waals surface area contributed by atoms with Crippen molar-refractivity contribution in [3.63, 3.8) is 0 Å². The molecule has 0 unspecified atom stereocenters. The molecular formula is H10LiMgNaO5Si. The molecule has 9 heteroatoms. The van der Waals surface area contributed by atoms with Crippen molar-refractivity contribution in [3.05, 3.63) is 0 Å². The molecule has 0 spiro atoms. The van der Waals surface area contributed by atoms with Crippen molar-refractivity contribution in [2.75, 3.05) is 0 Å². The Morgan fingerprint density at radius 3 is 0.889 bits per heavy atom. The molecule has 0 radical (unpaired) electrons. The van der Waals surface area contributed by atoms with Crippen molar-refractivity contribution in [3.8, 4) is 0 Å². The zero-order chi connectivity index (χ0) is 4.50. The van der Waals surface area contributed by atoms with Gasteiger partial charge in [0, 0.05) is 0 Å². The van der Waals surface area contributed by atoms with E-state index < -0.39 is 9.05 Å². The van der Waals surface area contributed by atoms with E-state index in [1.807, 2.05) is 0 Å². The van der Waals surface area contributed by atoms with E-state index in [0.29, 0.717) is 0 Å². The van der Waals surface area contributed by atoms with Crippen LogP contribution in [0, 0.1) is 0 Å². The van der Waals surface area contributed by atoms with Gasteiger partial charge in [-0.15, -0.1) is 0 Å². The average molecular weight is 172 g/mol. The molecule has 6 N–H and O–H groups in total. The maximum absolute atomic E-state index is 7.33. The van der Waals surface area contributed by atoms with E-state index in [0.717, 1.165) is 0 Å². The van der Waals surface area contributed by atoms with Gasteiger partial charge in [0.25, 0.3) is 0 Å². The SMILES string of the molecule is O.O[Si](O)(O)O.[LiH].[MgH2].[NaH]. The van der Waals surface area contributed by atoms with Gasteiger partial charge in [0.15, 0.2) is 0 Å². The summed E-state index contributed by atoms with van der Waals surface area (Å²) in [6.07, 6.45) is 0. The van der Waals surface area contributed by atoms with Gasteiger partial charge in [-0.1, -0.05) is 0 Å². The Labute approximate surface area is 104 Å². The van der Waals surface area contributed by atoms with Crippen LogP contribution in [0.4, 0.5) is 0 Å². The summed E-state index contributed by atoms with van der Waals surface area (Å²) in [6.45, 7) is 0. The van der Waals surface area contributed by atoms with Gasteiger partial charge in [-0.05, 0) is 0 Å². The second kappa shape index (κ2) is 13.0. The van der Waals surface area contributed by atoms with Crippen molar-refractivity contribution in [2.45, 2.75) is 0 Å². The zero-order valence-electron chi connectivity index (χ0n) is 2.79. The fourth-order valence-corrected chi connectivity index (χ4v) is 0. The second-order valence-electron chi connectivity index (χ2n) is 0.600. The topological polar surface area (TPSA) is 112 Å². The monoisotopic (exact) mass is 172 g/mol. The van der Waals surface area contributed by atoms with E-state index in [1.54, 1.807) is 0 Å². The van der Waals surface area contributed by atoms with E-state index in [1.165, 1.54) is 0 Å². The normalized spacial score (nSPS) is 6.67. The first-order valence-corrected chi connectivity index (χ1v) is 2.68. The summed E-state index contributed by atoms with van der Waals surface area (Å²) in [5.41, 5.74) is 0. The minimum atomic E-state index is -4.61. The summed E-state index contributed by atoms with van der Waals surface area (Å²) in [5.74, 6) is 0. The van der Waals surface area contributed by atoms with Crippen molar-refractivity contribution in [1.82, 2.24) is 0 Å². The second-order valence-corrected chi connectivity index (χ2v) is 1.80. The number of hydrogen-bond acceptors (Lipinski definition) is 4. The minimum absolute atomic E-state index is 0. The predicted molar refractivity (Wildman–Crippen MR) is 41.1 cm³/mol. The Bertz CT molecular complexity index is 32.4. The van der Waals surface area contributed by atoms with Gasteiger partial charge >= 0.3 is 80.5 Å². The summed E-state index contributed by atoms with van der Waals surface area (Å²) in [4.78, 5) is 29.3. The Morgan fingerprint density at radius 1 is 0.889 bits per heavy atom. The van der Waals surface area contributed by atoms with Crippen molar-refractivity contribution in [2.24, 2.45) is 0 Å². The molecule has 0 atom stereocenters. The van der Waals surface area contributed by atoms with Crippen molar-refractivity contribution in [1.29, 1.82) is 0 Å². The molecule has 0 rings (SSSR count). The quantitative estimate of drug-likeness (QED) is 0.273. The molecule has 0 aliphatic carbocycles. The van der Waals surface area contributed by atoms with Gasteiger partial charge in [0.05, 0.1) is 0 Å². The number of hydrogen-bond donors (Lipinski definition) is 4. The van der Waals surface area contributed by atoms with Crippen LogP contribution in [0.25, 0.3) is 0 Å². The van der Waals surface area contributed by atoms with Gasteiger partial charge in [-0.25, -0.2) is 0 Å². The first kappa shape index (κ1) is 30.1. The molecule has 0 saturated carbocycles. The molecule has 0 aromatic heterocycles. The Kier molecular flexibility index (Phi) is 43.5. The molecule has 48 valence electrons. The molecule has 0 heterocycles. The van der Waals surface area contributed by atoms with Crippen LogP contribution in [0.2, 0.25) is 0 Å². The zero-order valence-corrected chi connectivity index (χ0v) is 3.79. The average Bonchev–Trinajstić information content (AvgIpc) is 0.722. The van der Waals surface area contributed by atoms with Crippen LogP contribution in [0.3, 0.4) is 0 Å².